The summed E-state index contributed by atoms with van der Waals surface area (Å²) < 4.78 is 11.2. The normalized spacial score (nSPS) is 20.7. The average Bonchev–Trinajstić information content (AvgIpc) is 2.80. The molecule has 0 atom stereocenters. The molecule has 1 fully saturated rings. The van der Waals surface area contributed by atoms with Gasteiger partial charge in [0.15, 0.2) is 0 Å². The Kier molecular flexibility index (Phi) is 11.4. The van der Waals surface area contributed by atoms with Crippen LogP contribution in [0.25, 0.3) is 0 Å². The molecule has 0 amide bonds. The zero-order valence-corrected chi connectivity index (χ0v) is 19.5. The fourth-order valence-corrected chi connectivity index (χ4v) is 4.31. The second kappa shape index (κ2) is 14.1. The summed E-state index contributed by atoms with van der Waals surface area (Å²) in [4.78, 5) is 16.8. The number of rotatable bonds is 14. The molecule has 1 aromatic rings. The Morgan fingerprint density at radius 2 is 1.74 bits per heavy atom. The predicted molar refractivity (Wildman–Crippen MR) is 123 cm³/mol. The van der Waals surface area contributed by atoms with E-state index in [-0.39, 0.29) is 17.3 Å². The molecule has 0 aromatic carbocycles. The molecule has 0 bridgehead atoms. The molecule has 1 aliphatic rings. The minimum Gasteiger partial charge on any atom is -0.478 e. The van der Waals surface area contributed by atoms with Crippen LogP contribution in [0, 0.1) is 22.7 Å². The first kappa shape index (κ1) is 25.2. The largest absolute Gasteiger partial charge is 0.478 e. The van der Waals surface area contributed by atoms with Gasteiger partial charge >= 0.3 is 5.97 Å². The van der Waals surface area contributed by atoms with Gasteiger partial charge in [0, 0.05) is 6.07 Å². The van der Waals surface area contributed by atoms with Gasteiger partial charge in [0.2, 0.25) is 5.88 Å². The van der Waals surface area contributed by atoms with Gasteiger partial charge in [-0.05, 0) is 44.6 Å². The SMILES string of the molecule is CCCCCCCC1(C#N)CCC(C(=O)Oc2ccc(OCCCCCC)nc2)CC1. The fraction of sp³-hybridized carbons (Fsp3) is 0.731. The van der Waals surface area contributed by atoms with Crippen LogP contribution < -0.4 is 9.47 Å². The van der Waals surface area contributed by atoms with Gasteiger partial charge in [-0.25, -0.2) is 4.98 Å². The van der Waals surface area contributed by atoms with E-state index in [1.807, 2.05) is 0 Å². The van der Waals surface area contributed by atoms with Crippen molar-refractivity contribution in [3.63, 3.8) is 0 Å². The summed E-state index contributed by atoms with van der Waals surface area (Å²) >= 11 is 0. The molecular formula is C26H40N2O3. The molecule has 1 aliphatic carbocycles. The predicted octanol–water partition coefficient (Wildman–Crippen LogP) is 7.01. The fourth-order valence-electron chi connectivity index (χ4n) is 4.31. The Balaban J connectivity index is 1.72. The average molecular weight is 429 g/mol. The van der Waals surface area contributed by atoms with E-state index < -0.39 is 0 Å². The molecule has 1 heterocycles. The molecule has 0 radical (unpaired) electrons. The maximum atomic E-state index is 12.6. The third kappa shape index (κ3) is 8.89. The Labute approximate surface area is 188 Å². The van der Waals surface area contributed by atoms with Crippen molar-refractivity contribution in [2.24, 2.45) is 11.3 Å². The molecule has 31 heavy (non-hydrogen) atoms. The minimum atomic E-state index is -0.249. The smallest absolute Gasteiger partial charge is 0.314 e. The van der Waals surface area contributed by atoms with E-state index >= 15 is 0 Å². The zero-order valence-electron chi connectivity index (χ0n) is 19.5. The van der Waals surface area contributed by atoms with Crippen LogP contribution in [0.3, 0.4) is 0 Å². The molecule has 0 saturated heterocycles. The molecule has 5 heteroatoms. The van der Waals surface area contributed by atoms with Gasteiger partial charge in [0.05, 0.1) is 30.2 Å². The van der Waals surface area contributed by atoms with Crippen molar-refractivity contribution >= 4 is 5.97 Å². The molecule has 0 N–H and O–H groups in total. The van der Waals surface area contributed by atoms with Crippen molar-refractivity contribution in [2.75, 3.05) is 6.61 Å². The van der Waals surface area contributed by atoms with Crippen LogP contribution in [0.2, 0.25) is 0 Å². The van der Waals surface area contributed by atoms with Gasteiger partial charge in [-0.1, -0.05) is 65.2 Å². The first-order chi connectivity index (χ1) is 15.1. The van der Waals surface area contributed by atoms with E-state index in [2.05, 4.69) is 24.9 Å². The number of aromatic nitrogens is 1. The first-order valence-corrected chi connectivity index (χ1v) is 12.3. The number of esters is 1. The number of hydrogen-bond donors (Lipinski definition) is 0. The Morgan fingerprint density at radius 3 is 2.35 bits per heavy atom. The van der Waals surface area contributed by atoms with Crippen molar-refractivity contribution in [2.45, 2.75) is 104 Å². The minimum absolute atomic E-state index is 0.129. The summed E-state index contributed by atoms with van der Waals surface area (Å²) in [5.74, 6) is 0.684. The molecule has 0 unspecified atom stereocenters. The second-order valence-electron chi connectivity index (χ2n) is 8.99. The number of nitriles is 1. The number of carbonyl (C=O) groups excluding carboxylic acids is 1. The van der Waals surface area contributed by atoms with Crippen molar-refractivity contribution in [3.8, 4) is 17.7 Å². The monoisotopic (exact) mass is 428 g/mol. The zero-order chi connectivity index (χ0) is 22.4. The van der Waals surface area contributed by atoms with Gasteiger partial charge in [-0.2, -0.15) is 5.26 Å². The van der Waals surface area contributed by atoms with Crippen LogP contribution in [0.1, 0.15) is 104 Å². The third-order valence-corrected chi connectivity index (χ3v) is 6.45. The van der Waals surface area contributed by atoms with Gasteiger partial charge in [-0.15, -0.1) is 0 Å². The lowest BCUT2D eigenvalue weighted by Gasteiger charge is -2.34. The topological polar surface area (TPSA) is 72.2 Å². The first-order valence-electron chi connectivity index (χ1n) is 12.3. The molecule has 172 valence electrons. The third-order valence-electron chi connectivity index (χ3n) is 6.45. The molecule has 1 saturated carbocycles. The van der Waals surface area contributed by atoms with Crippen LogP contribution in [0.5, 0.6) is 11.6 Å². The van der Waals surface area contributed by atoms with Gasteiger partial charge in [0.1, 0.15) is 5.75 Å². The second-order valence-corrected chi connectivity index (χ2v) is 8.99. The van der Waals surface area contributed by atoms with Crippen molar-refractivity contribution < 1.29 is 14.3 Å². The summed E-state index contributed by atoms with van der Waals surface area (Å²) in [5.41, 5.74) is -0.249. The van der Waals surface area contributed by atoms with Crippen LogP contribution in [0.4, 0.5) is 0 Å². The van der Waals surface area contributed by atoms with Crippen molar-refractivity contribution in [1.29, 1.82) is 5.26 Å². The number of hydrogen-bond acceptors (Lipinski definition) is 5. The van der Waals surface area contributed by atoms with E-state index in [4.69, 9.17) is 9.47 Å². The summed E-state index contributed by atoms with van der Waals surface area (Å²) in [7, 11) is 0. The van der Waals surface area contributed by atoms with Gasteiger partial charge < -0.3 is 9.47 Å². The number of nitrogens with zero attached hydrogens (tertiary/aromatic N) is 2. The molecule has 1 aromatic heterocycles. The lowest BCUT2D eigenvalue weighted by molar-refractivity contribution is -0.140. The number of ether oxygens (including phenoxy) is 2. The van der Waals surface area contributed by atoms with E-state index in [0.29, 0.717) is 18.2 Å². The van der Waals surface area contributed by atoms with Crippen LogP contribution in [-0.4, -0.2) is 17.6 Å². The molecule has 0 spiro atoms. The van der Waals surface area contributed by atoms with E-state index in [0.717, 1.165) is 44.9 Å². The lowest BCUT2D eigenvalue weighted by Crippen LogP contribution is -2.31. The highest BCUT2D eigenvalue weighted by Gasteiger charge is 2.37. The highest BCUT2D eigenvalue weighted by atomic mass is 16.5. The number of pyridine rings is 1. The number of unbranched alkanes of at least 4 members (excludes halogenated alkanes) is 7. The Hall–Kier alpha value is -2.09. The van der Waals surface area contributed by atoms with Crippen molar-refractivity contribution in [3.05, 3.63) is 18.3 Å². The maximum absolute atomic E-state index is 12.6. The Bertz CT molecular complexity index is 673. The van der Waals surface area contributed by atoms with E-state index in [9.17, 15) is 10.1 Å². The lowest BCUT2D eigenvalue weighted by atomic mass is 9.69. The Morgan fingerprint density at radius 1 is 1.06 bits per heavy atom. The maximum Gasteiger partial charge on any atom is 0.314 e. The highest BCUT2D eigenvalue weighted by molar-refractivity contribution is 5.75. The molecule has 5 nitrogen and oxygen atoms in total. The molecule has 2 rings (SSSR count). The summed E-state index contributed by atoms with van der Waals surface area (Å²) in [6, 6.07) is 6.07. The number of carbonyl (C=O) groups is 1. The van der Waals surface area contributed by atoms with Crippen LogP contribution in [0.15, 0.2) is 18.3 Å². The van der Waals surface area contributed by atoms with E-state index in [1.165, 1.54) is 44.9 Å². The summed E-state index contributed by atoms with van der Waals surface area (Å²) in [6.45, 7) is 5.06. The van der Waals surface area contributed by atoms with Crippen LogP contribution in [-0.2, 0) is 4.79 Å². The standard InChI is InChI=1S/C26H40N2O3/c1-3-5-7-9-10-16-26(21-27)17-14-22(15-18-26)25(29)31-23-12-13-24(28-20-23)30-19-11-8-6-4-2/h12-13,20,22H,3-11,14-19H2,1-2H3. The van der Waals surface area contributed by atoms with E-state index in [1.54, 1.807) is 18.3 Å². The van der Waals surface area contributed by atoms with Crippen LogP contribution >= 0.6 is 0 Å². The van der Waals surface area contributed by atoms with Crippen molar-refractivity contribution in [1.82, 2.24) is 4.98 Å². The highest BCUT2D eigenvalue weighted by Crippen LogP contribution is 2.42. The van der Waals surface area contributed by atoms with Gasteiger partial charge in [0.25, 0.3) is 0 Å². The summed E-state index contributed by atoms with van der Waals surface area (Å²) in [6.07, 6.45) is 16.2. The molecule has 0 aliphatic heterocycles. The van der Waals surface area contributed by atoms with Gasteiger partial charge in [-0.3, -0.25) is 4.79 Å². The molecular weight excluding hydrogens is 388 g/mol. The quantitative estimate of drug-likeness (QED) is 0.235. The summed E-state index contributed by atoms with van der Waals surface area (Å²) in [5, 5.41) is 9.75.